The van der Waals surface area contributed by atoms with Gasteiger partial charge in [0, 0.05) is 6.07 Å². The van der Waals surface area contributed by atoms with E-state index in [4.69, 9.17) is 5.26 Å². The maximum absolute atomic E-state index is 11.1. The van der Waals surface area contributed by atoms with Crippen LogP contribution in [0.25, 0.3) is 6.08 Å². The molecule has 0 aromatic heterocycles. The summed E-state index contributed by atoms with van der Waals surface area (Å²) in [4.78, 5) is 21.0. The van der Waals surface area contributed by atoms with Crippen LogP contribution < -0.4 is 0 Å². The van der Waals surface area contributed by atoms with E-state index in [1.807, 2.05) is 0 Å². The summed E-state index contributed by atoms with van der Waals surface area (Å²) in [6.07, 6.45) is 1.14. The lowest BCUT2D eigenvalue weighted by atomic mass is 10.1. The summed E-state index contributed by atoms with van der Waals surface area (Å²) in [5.41, 5.74) is -0.565. The monoisotopic (exact) mass is 248 g/mol. The number of nitrogens with zero attached hydrogens (tertiary/aromatic N) is 2. The van der Waals surface area contributed by atoms with Crippen LogP contribution >= 0.6 is 0 Å². The van der Waals surface area contributed by atoms with E-state index in [-0.39, 0.29) is 11.1 Å². The number of aromatic hydroxyl groups is 1. The fourth-order valence-corrected chi connectivity index (χ4v) is 1.19. The second-order valence-electron chi connectivity index (χ2n) is 3.17. The van der Waals surface area contributed by atoms with Gasteiger partial charge < -0.3 is 9.84 Å². The molecule has 18 heavy (non-hydrogen) atoms. The van der Waals surface area contributed by atoms with Crippen LogP contribution in [0.1, 0.15) is 5.56 Å². The number of nitriles is 1. The average molecular weight is 248 g/mol. The predicted octanol–water partition coefficient (Wildman–Crippen LogP) is 1.38. The number of carbonyl (C=O) groups is 1. The first kappa shape index (κ1) is 13.2. The SMILES string of the molecule is COC(=O)/C(C#N)=C\c1ccc(O)c([N+](=O)[O-])c1. The number of rotatable bonds is 3. The maximum Gasteiger partial charge on any atom is 0.348 e. The average Bonchev–Trinajstić information content (AvgIpc) is 2.36. The number of methoxy groups -OCH3 is 1. The van der Waals surface area contributed by atoms with Crippen molar-refractivity contribution in [2.45, 2.75) is 0 Å². The molecule has 7 heteroatoms. The molecule has 0 aliphatic rings. The summed E-state index contributed by atoms with van der Waals surface area (Å²) in [5.74, 6) is -1.33. The fourth-order valence-electron chi connectivity index (χ4n) is 1.19. The Balaban J connectivity index is 3.23. The zero-order chi connectivity index (χ0) is 13.7. The first-order valence-electron chi connectivity index (χ1n) is 4.67. The molecule has 0 atom stereocenters. The Morgan fingerprint density at radius 3 is 2.78 bits per heavy atom. The molecule has 1 N–H and O–H groups in total. The van der Waals surface area contributed by atoms with E-state index in [9.17, 15) is 20.0 Å². The van der Waals surface area contributed by atoms with Gasteiger partial charge in [-0.15, -0.1) is 0 Å². The van der Waals surface area contributed by atoms with E-state index in [1.54, 1.807) is 6.07 Å². The van der Waals surface area contributed by atoms with Gasteiger partial charge in [0.1, 0.15) is 11.6 Å². The molecule has 0 radical (unpaired) electrons. The fraction of sp³-hybridized carbons (Fsp3) is 0.0909. The Hall–Kier alpha value is -2.88. The Labute approximate surface area is 102 Å². The molecule has 7 nitrogen and oxygen atoms in total. The molecule has 0 saturated heterocycles. The molecule has 0 spiro atoms. The minimum absolute atomic E-state index is 0.237. The number of esters is 1. The number of hydrogen-bond acceptors (Lipinski definition) is 6. The van der Waals surface area contributed by atoms with E-state index in [1.165, 1.54) is 6.07 Å². The molecule has 0 unspecified atom stereocenters. The molecular formula is C11H8N2O5. The van der Waals surface area contributed by atoms with Gasteiger partial charge >= 0.3 is 11.7 Å². The maximum atomic E-state index is 11.1. The van der Waals surface area contributed by atoms with E-state index < -0.39 is 22.3 Å². The van der Waals surface area contributed by atoms with Gasteiger partial charge in [0.15, 0.2) is 5.75 Å². The molecule has 0 fully saturated rings. The number of carbonyl (C=O) groups excluding carboxylic acids is 1. The Kier molecular flexibility index (Phi) is 3.99. The van der Waals surface area contributed by atoms with Crippen molar-refractivity contribution in [3.8, 4) is 11.8 Å². The molecule has 0 heterocycles. The number of nitro benzene ring substituents is 1. The van der Waals surface area contributed by atoms with E-state index in [0.29, 0.717) is 0 Å². The molecule has 1 rings (SSSR count). The number of phenols is 1. The largest absolute Gasteiger partial charge is 0.502 e. The highest BCUT2D eigenvalue weighted by atomic mass is 16.6. The van der Waals surface area contributed by atoms with Crippen LogP contribution in [0.3, 0.4) is 0 Å². The minimum Gasteiger partial charge on any atom is -0.502 e. The van der Waals surface area contributed by atoms with Gasteiger partial charge in [-0.3, -0.25) is 10.1 Å². The second kappa shape index (κ2) is 5.45. The first-order valence-corrected chi connectivity index (χ1v) is 4.67. The number of ether oxygens (including phenoxy) is 1. The summed E-state index contributed by atoms with van der Waals surface area (Å²) in [5, 5.41) is 28.5. The van der Waals surface area contributed by atoms with Crippen LogP contribution in [0.2, 0.25) is 0 Å². The molecule has 0 bridgehead atoms. The molecular weight excluding hydrogens is 240 g/mol. The summed E-state index contributed by atoms with van der Waals surface area (Å²) < 4.78 is 4.36. The van der Waals surface area contributed by atoms with Crippen LogP contribution in [0.4, 0.5) is 5.69 Å². The smallest absolute Gasteiger partial charge is 0.348 e. The highest BCUT2D eigenvalue weighted by Gasteiger charge is 2.14. The lowest BCUT2D eigenvalue weighted by Crippen LogP contribution is -2.02. The Morgan fingerprint density at radius 2 is 2.28 bits per heavy atom. The molecule has 0 aliphatic carbocycles. The third-order valence-electron chi connectivity index (χ3n) is 2.03. The van der Waals surface area contributed by atoms with Gasteiger partial charge in [0.2, 0.25) is 0 Å². The molecule has 92 valence electrons. The van der Waals surface area contributed by atoms with Gasteiger partial charge in [-0.25, -0.2) is 4.79 Å². The van der Waals surface area contributed by atoms with Crippen LogP contribution in [0.15, 0.2) is 23.8 Å². The van der Waals surface area contributed by atoms with Crippen molar-refractivity contribution in [2.24, 2.45) is 0 Å². The van der Waals surface area contributed by atoms with Crippen molar-refractivity contribution < 1.29 is 19.6 Å². The van der Waals surface area contributed by atoms with Crippen LogP contribution in [0.5, 0.6) is 5.75 Å². The normalized spacial score (nSPS) is 10.6. The molecule has 0 saturated carbocycles. The number of nitro groups is 1. The summed E-state index contributed by atoms with van der Waals surface area (Å²) in [6.45, 7) is 0. The van der Waals surface area contributed by atoms with Crippen LogP contribution in [-0.4, -0.2) is 23.1 Å². The number of hydrogen-bond donors (Lipinski definition) is 1. The van der Waals surface area contributed by atoms with E-state index >= 15 is 0 Å². The van der Waals surface area contributed by atoms with Crippen LogP contribution in [0, 0.1) is 21.4 Å². The van der Waals surface area contributed by atoms with Crippen molar-refractivity contribution in [1.82, 2.24) is 0 Å². The zero-order valence-electron chi connectivity index (χ0n) is 9.28. The van der Waals surface area contributed by atoms with Gasteiger partial charge in [-0.1, -0.05) is 6.07 Å². The molecule has 1 aromatic carbocycles. The highest BCUT2D eigenvalue weighted by molar-refractivity contribution is 5.97. The minimum atomic E-state index is -0.840. The summed E-state index contributed by atoms with van der Waals surface area (Å²) in [7, 11) is 1.12. The lowest BCUT2D eigenvalue weighted by molar-refractivity contribution is -0.385. The number of benzene rings is 1. The standard InChI is InChI=1S/C11H8N2O5/c1-18-11(15)8(6-12)4-7-2-3-10(14)9(5-7)13(16)17/h2-5,14H,1H3/b8-4-. The quantitative estimate of drug-likeness (QED) is 0.284. The van der Waals surface area contributed by atoms with Gasteiger partial charge in [0.25, 0.3) is 0 Å². The Morgan fingerprint density at radius 1 is 1.61 bits per heavy atom. The molecule has 0 aliphatic heterocycles. The van der Waals surface area contributed by atoms with Crippen molar-refractivity contribution >= 4 is 17.7 Å². The van der Waals surface area contributed by atoms with Crippen molar-refractivity contribution in [3.63, 3.8) is 0 Å². The predicted molar refractivity (Wildman–Crippen MR) is 60.4 cm³/mol. The topological polar surface area (TPSA) is 113 Å². The zero-order valence-corrected chi connectivity index (χ0v) is 9.28. The number of phenolic OH excluding ortho intramolecular Hbond substituents is 1. The highest BCUT2D eigenvalue weighted by Crippen LogP contribution is 2.27. The van der Waals surface area contributed by atoms with Crippen molar-refractivity contribution in [2.75, 3.05) is 7.11 Å². The lowest BCUT2D eigenvalue weighted by Gasteiger charge is -1.99. The second-order valence-corrected chi connectivity index (χ2v) is 3.17. The van der Waals surface area contributed by atoms with Gasteiger partial charge in [0.05, 0.1) is 12.0 Å². The van der Waals surface area contributed by atoms with Gasteiger partial charge in [-0.05, 0) is 17.7 Å². The van der Waals surface area contributed by atoms with Crippen molar-refractivity contribution in [3.05, 3.63) is 39.4 Å². The van der Waals surface area contributed by atoms with Crippen LogP contribution in [-0.2, 0) is 9.53 Å². The molecule has 1 aromatic rings. The Bertz CT molecular complexity index is 571. The first-order chi connectivity index (χ1) is 8.49. The summed E-state index contributed by atoms with van der Waals surface area (Å²) >= 11 is 0. The van der Waals surface area contributed by atoms with E-state index in [2.05, 4.69) is 4.74 Å². The van der Waals surface area contributed by atoms with E-state index in [0.717, 1.165) is 25.3 Å². The van der Waals surface area contributed by atoms with Gasteiger partial charge in [-0.2, -0.15) is 5.26 Å². The third-order valence-corrected chi connectivity index (χ3v) is 2.03. The van der Waals surface area contributed by atoms with Crippen molar-refractivity contribution in [1.29, 1.82) is 5.26 Å². The third kappa shape index (κ3) is 2.82. The molecule has 0 amide bonds. The summed E-state index contributed by atoms with van der Waals surface area (Å²) in [6, 6.07) is 5.11.